The molecule has 0 saturated heterocycles. The summed E-state index contributed by atoms with van der Waals surface area (Å²) in [5.41, 5.74) is 2.10. The molecule has 0 radical (unpaired) electrons. The third-order valence-electron chi connectivity index (χ3n) is 3.35. The standard InChI is InChI=1S/C17H27NO2/c1-13(2)10-14(3)11-17(20)18-9-8-15-4-6-16(12-19)7-5-15/h4-7,13-14,19H,8-12H2,1-3H3,(H,18,20). The Hall–Kier alpha value is -1.35. The first-order valence-corrected chi connectivity index (χ1v) is 7.46. The molecule has 0 aliphatic carbocycles. The maximum absolute atomic E-state index is 11.8. The van der Waals surface area contributed by atoms with E-state index in [1.54, 1.807) is 0 Å². The Kier molecular flexibility index (Phi) is 7.31. The summed E-state index contributed by atoms with van der Waals surface area (Å²) >= 11 is 0. The molecule has 1 rings (SSSR count). The first-order valence-electron chi connectivity index (χ1n) is 7.46. The SMILES string of the molecule is CC(C)CC(C)CC(=O)NCCc1ccc(CO)cc1. The summed E-state index contributed by atoms with van der Waals surface area (Å²) < 4.78 is 0. The van der Waals surface area contributed by atoms with Gasteiger partial charge in [0.2, 0.25) is 5.91 Å². The van der Waals surface area contributed by atoms with Crippen molar-refractivity contribution < 1.29 is 9.90 Å². The summed E-state index contributed by atoms with van der Waals surface area (Å²) in [4.78, 5) is 11.8. The summed E-state index contributed by atoms with van der Waals surface area (Å²) in [6.45, 7) is 7.25. The maximum Gasteiger partial charge on any atom is 0.220 e. The van der Waals surface area contributed by atoms with Gasteiger partial charge in [-0.15, -0.1) is 0 Å². The van der Waals surface area contributed by atoms with E-state index in [0.29, 0.717) is 24.8 Å². The molecule has 1 aromatic carbocycles. The lowest BCUT2D eigenvalue weighted by Crippen LogP contribution is -2.27. The van der Waals surface area contributed by atoms with Crippen LogP contribution in [-0.2, 0) is 17.8 Å². The van der Waals surface area contributed by atoms with Crippen LogP contribution in [0.5, 0.6) is 0 Å². The molecular weight excluding hydrogens is 250 g/mol. The van der Waals surface area contributed by atoms with Crippen LogP contribution < -0.4 is 5.32 Å². The van der Waals surface area contributed by atoms with Gasteiger partial charge in [-0.3, -0.25) is 4.79 Å². The zero-order valence-electron chi connectivity index (χ0n) is 12.9. The van der Waals surface area contributed by atoms with Gasteiger partial charge in [0, 0.05) is 13.0 Å². The molecule has 2 N–H and O–H groups in total. The number of aliphatic hydroxyl groups is 1. The van der Waals surface area contributed by atoms with Gasteiger partial charge in [0.1, 0.15) is 0 Å². The molecule has 0 aromatic heterocycles. The van der Waals surface area contributed by atoms with E-state index in [1.165, 1.54) is 5.56 Å². The Balaban J connectivity index is 2.24. The monoisotopic (exact) mass is 277 g/mol. The van der Waals surface area contributed by atoms with Gasteiger partial charge in [-0.05, 0) is 35.8 Å². The minimum absolute atomic E-state index is 0.0742. The van der Waals surface area contributed by atoms with Crippen molar-refractivity contribution in [3.8, 4) is 0 Å². The van der Waals surface area contributed by atoms with Gasteiger partial charge in [0.25, 0.3) is 0 Å². The normalized spacial score (nSPS) is 12.4. The maximum atomic E-state index is 11.8. The number of carbonyl (C=O) groups excluding carboxylic acids is 1. The van der Waals surface area contributed by atoms with Crippen molar-refractivity contribution >= 4 is 5.91 Å². The molecule has 0 fully saturated rings. The van der Waals surface area contributed by atoms with Gasteiger partial charge >= 0.3 is 0 Å². The van der Waals surface area contributed by atoms with Gasteiger partial charge in [0.15, 0.2) is 0 Å². The van der Waals surface area contributed by atoms with E-state index >= 15 is 0 Å². The number of amides is 1. The molecule has 1 amide bonds. The predicted octanol–water partition coefficient (Wildman–Crippen LogP) is 2.91. The predicted molar refractivity (Wildman–Crippen MR) is 82.3 cm³/mol. The highest BCUT2D eigenvalue weighted by molar-refractivity contribution is 5.76. The first kappa shape index (κ1) is 16.7. The van der Waals surface area contributed by atoms with Crippen LogP contribution in [0.15, 0.2) is 24.3 Å². The average Bonchev–Trinajstić information content (AvgIpc) is 2.38. The van der Waals surface area contributed by atoms with E-state index in [0.717, 1.165) is 18.4 Å². The van der Waals surface area contributed by atoms with Crippen molar-refractivity contribution in [2.75, 3.05) is 6.54 Å². The molecule has 20 heavy (non-hydrogen) atoms. The van der Waals surface area contributed by atoms with Gasteiger partial charge in [0.05, 0.1) is 6.61 Å². The van der Waals surface area contributed by atoms with Crippen LogP contribution >= 0.6 is 0 Å². The Labute approximate surface area is 122 Å². The van der Waals surface area contributed by atoms with E-state index in [4.69, 9.17) is 5.11 Å². The molecular formula is C17H27NO2. The molecule has 1 unspecified atom stereocenters. The number of hydrogen-bond acceptors (Lipinski definition) is 2. The molecule has 0 aliphatic heterocycles. The van der Waals surface area contributed by atoms with E-state index in [-0.39, 0.29) is 12.5 Å². The number of carbonyl (C=O) groups is 1. The van der Waals surface area contributed by atoms with Crippen molar-refractivity contribution in [2.24, 2.45) is 11.8 Å². The third-order valence-corrected chi connectivity index (χ3v) is 3.35. The summed E-state index contributed by atoms with van der Waals surface area (Å²) in [6, 6.07) is 7.84. The van der Waals surface area contributed by atoms with Crippen LogP contribution in [0.4, 0.5) is 0 Å². The quantitative estimate of drug-likeness (QED) is 0.767. The van der Waals surface area contributed by atoms with Crippen LogP contribution in [0, 0.1) is 11.8 Å². The van der Waals surface area contributed by atoms with Crippen LogP contribution in [0.25, 0.3) is 0 Å². The molecule has 0 heterocycles. The molecule has 0 aliphatic rings. The van der Waals surface area contributed by atoms with Crippen molar-refractivity contribution in [3.63, 3.8) is 0 Å². The zero-order valence-corrected chi connectivity index (χ0v) is 12.9. The Bertz CT molecular complexity index is 398. The minimum Gasteiger partial charge on any atom is -0.392 e. The Morgan fingerprint density at radius 1 is 1.15 bits per heavy atom. The third kappa shape index (κ3) is 6.71. The fourth-order valence-corrected chi connectivity index (χ4v) is 2.43. The summed E-state index contributed by atoms with van der Waals surface area (Å²) in [7, 11) is 0. The first-order chi connectivity index (χ1) is 9.51. The van der Waals surface area contributed by atoms with Crippen LogP contribution in [0.3, 0.4) is 0 Å². The number of aliphatic hydroxyl groups excluding tert-OH is 1. The molecule has 1 aromatic rings. The van der Waals surface area contributed by atoms with Crippen LogP contribution in [0.1, 0.15) is 44.7 Å². The number of benzene rings is 1. The van der Waals surface area contributed by atoms with Crippen molar-refractivity contribution in [1.29, 1.82) is 0 Å². The molecule has 0 bridgehead atoms. The highest BCUT2D eigenvalue weighted by atomic mass is 16.3. The minimum atomic E-state index is 0.0742. The Morgan fingerprint density at radius 3 is 2.30 bits per heavy atom. The fraction of sp³-hybridized carbons (Fsp3) is 0.588. The second-order valence-electron chi connectivity index (χ2n) is 6.01. The largest absolute Gasteiger partial charge is 0.392 e. The molecule has 112 valence electrons. The molecule has 0 saturated carbocycles. The Morgan fingerprint density at radius 2 is 1.75 bits per heavy atom. The van der Waals surface area contributed by atoms with E-state index in [1.807, 2.05) is 24.3 Å². The number of hydrogen-bond donors (Lipinski definition) is 2. The average molecular weight is 277 g/mol. The lowest BCUT2D eigenvalue weighted by atomic mass is 9.96. The molecule has 0 spiro atoms. The summed E-state index contributed by atoms with van der Waals surface area (Å²) in [5.74, 6) is 1.23. The van der Waals surface area contributed by atoms with Gasteiger partial charge in [-0.1, -0.05) is 45.0 Å². The lowest BCUT2D eigenvalue weighted by Gasteiger charge is -2.13. The van der Waals surface area contributed by atoms with Crippen molar-refractivity contribution in [2.45, 2.75) is 46.6 Å². The topological polar surface area (TPSA) is 49.3 Å². The second kappa shape index (κ2) is 8.75. The highest BCUT2D eigenvalue weighted by Crippen LogP contribution is 2.14. The second-order valence-corrected chi connectivity index (χ2v) is 6.01. The van der Waals surface area contributed by atoms with E-state index in [2.05, 4.69) is 26.1 Å². The summed E-state index contributed by atoms with van der Waals surface area (Å²) in [6.07, 6.45) is 2.54. The fourth-order valence-electron chi connectivity index (χ4n) is 2.43. The number of nitrogens with one attached hydrogen (secondary N) is 1. The van der Waals surface area contributed by atoms with E-state index < -0.39 is 0 Å². The smallest absolute Gasteiger partial charge is 0.220 e. The zero-order chi connectivity index (χ0) is 15.0. The van der Waals surface area contributed by atoms with Gasteiger partial charge in [-0.2, -0.15) is 0 Å². The van der Waals surface area contributed by atoms with E-state index in [9.17, 15) is 4.79 Å². The highest BCUT2D eigenvalue weighted by Gasteiger charge is 2.10. The summed E-state index contributed by atoms with van der Waals surface area (Å²) in [5, 5.41) is 11.9. The van der Waals surface area contributed by atoms with Gasteiger partial charge < -0.3 is 10.4 Å². The number of rotatable bonds is 8. The molecule has 3 nitrogen and oxygen atoms in total. The molecule has 1 atom stereocenters. The molecule has 3 heteroatoms. The van der Waals surface area contributed by atoms with Crippen LogP contribution in [-0.4, -0.2) is 17.6 Å². The van der Waals surface area contributed by atoms with Gasteiger partial charge in [-0.25, -0.2) is 0 Å². The van der Waals surface area contributed by atoms with Crippen LogP contribution in [0.2, 0.25) is 0 Å². The van der Waals surface area contributed by atoms with Crippen molar-refractivity contribution in [1.82, 2.24) is 5.32 Å². The van der Waals surface area contributed by atoms with Crippen molar-refractivity contribution in [3.05, 3.63) is 35.4 Å². The lowest BCUT2D eigenvalue weighted by molar-refractivity contribution is -0.121.